The molecule has 3 aliphatic carbocycles. The van der Waals surface area contributed by atoms with Crippen LogP contribution in [0, 0.1) is 28.6 Å². The third-order valence-electron chi connectivity index (χ3n) is 6.18. The van der Waals surface area contributed by atoms with Crippen molar-refractivity contribution < 1.29 is 4.79 Å². The number of hydrogen-bond acceptors (Lipinski definition) is 1. The van der Waals surface area contributed by atoms with Crippen molar-refractivity contribution in [2.24, 2.45) is 28.6 Å². The number of Topliss-reactive ketones (excluding diaryl/α,β-unsaturated/α-hetero) is 1. The van der Waals surface area contributed by atoms with E-state index in [9.17, 15) is 4.79 Å². The molecule has 16 heavy (non-hydrogen) atoms. The molecule has 1 nitrogen and oxygen atoms in total. The van der Waals surface area contributed by atoms with E-state index >= 15 is 0 Å². The van der Waals surface area contributed by atoms with Crippen molar-refractivity contribution in [2.45, 2.75) is 47.0 Å². The van der Waals surface area contributed by atoms with Crippen LogP contribution in [0.1, 0.15) is 47.0 Å². The number of fused-ring (bicyclic) bond motifs is 1. The maximum Gasteiger partial charge on any atom is 0.136 e. The standard InChI is InChI=1S/C15H22O/c1-9-5-6-15-8-11(9)14(3,4)13(15)7-12(16)10(15)2/h5,10-11,13H,6-8H2,1-4H3/t10-,11+,13+,15+/m1/s1. The van der Waals surface area contributed by atoms with Crippen molar-refractivity contribution in [2.75, 3.05) is 0 Å². The van der Waals surface area contributed by atoms with E-state index in [-0.39, 0.29) is 0 Å². The van der Waals surface area contributed by atoms with Gasteiger partial charge in [0.25, 0.3) is 0 Å². The lowest BCUT2D eigenvalue weighted by Gasteiger charge is -2.35. The number of ketones is 1. The van der Waals surface area contributed by atoms with E-state index in [0.29, 0.717) is 28.4 Å². The van der Waals surface area contributed by atoms with Gasteiger partial charge in [-0.05, 0) is 42.4 Å². The average molecular weight is 218 g/mol. The Morgan fingerprint density at radius 3 is 2.75 bits per heavy atom. The Labute approximate surface area is 98.3 Å². The third-order valence-corrected chi connectivity index (χ3v) is 6.18. The van der Waals surface area contributed by atoms with E-state index < -0.39 is 0 Å². The summed E-state index contributed by atoms with van der Waals surface area (Å²) >= 11 is 0. The molecule has 2 fully saturated rings. The van der Waals surface area contributed by atoms with Gasteiger partial charge in [-0.15, -0.1) is 0 Å². The van der Waals surface area contributed by atoms with Crippen LogP contribution in [0.2, 0.25) is 0 Å². The summed E-state index contributed by atoms with van der Waals surface area (Å²) in [6, 6.07) is 0. The first-order chi connectivity index (χ1) is 7.39. The molecule has 2 saturated carbocycles. The van der Waals surface area contributed by atoms with E-state index in [4.69, 9.17) is 0 Å². The summed E-state index contributed by atoms with van der Waals surface area (Å²) in [5, 5.41) is 0. The van der Waals surface area contributed by atoms with E-state index in [1.165, 1.54) is 6.42 Å². The van der Waals surface area contributed by atoms with Gasteiger partial charge in [-0.25, -0.2) is 0 Å². The Hall–Kier alpha value is -0.590. The molecule has 4 atom stereocenters. The van der Waals surface area contributed by atoms with Crippen molar-refractivity contribution in [1.29, 1.82) is 0 Å². The topological polar surface area (TPSA) is 17.1 Å². The largest absolute Gasteiger partial charge is 0.299 e. The minimum atomic E-state index is 0.297. The first kappa shape index (κ1) is 10.6. The van der Waals surface area contributed by atoms with Crippen LogP contribution < -0.4 is 0 Å². The molecule has 3 rings (SSSR count). The molecule has 1 heteroatoms. The summed E-state index contributed by atoms with van der Waals surface area (Å²) in [5.74, 6) is 2.17. The Bertz CT molecular complexity index is 390. The summed E-state index contributed by atoms with van der Waals surface area (Å²) in [4.78, 5) is 12.0. The average Bonchev–Trinajstić information content (AvgIpc) is 2.57. The molecular formula is C15H22O. The molecule has 2 bridgehead atoms. The molecule has 0 saturated heterocycles. The van der Waals surface area contributed by atoms with E-state index in [1.807, 2.05) is 0 Å². The highest BCUT2D eigenvalue weighted by Crippen LogP contribution is 2.70. The van der Waals surface area contributed by atoms with Gasteiger partial charge in [-0.2, -0.15) is 0 Å². The van der Waals surface area contributed by atoms with Crippen molar-refractivity contribution in [3.63, 3.8) is 0 Å². The fourth-order valence-electron chi connectivity index (χ4n) is 5.06. The lowest BCUT2D eigenvalue weighted by Crippen LogP contribution is -2.30. The van der Waals surface area contributed by atoms with Crippen molar-refractivity contribution in [3.8, 4) is 0 Å². The Morgan fingerprint density at radius 2 is 2.06 bits per heavy atom. The molecule has 0 amide bonds. The molecule has 88 valence electrons. The summed E-state index contributed by atoms with van der Waals surface area (Å²) in [7, 11) is 0. The molecule has 0 aliphatic heterocycles. The Morgan fingerprint density at radius 1 is 1.38 bits per heavy atom. The van der Waals surface area contributed by atoms with Crippen LogP contribution in [-0.2, 0) is 4.79 Å². The SMILES string of the molecule is CC1=CC[C@@]23C[C@@H]1C(C)(C)[C@@H]2CC(=O)[C@H]3C. The van der Waals surface area contributed by atoms with Crippen molar-refractivity contribution in [3.05, 3.63) is 11.6 Å². The minimum absolute atomic E-state index is 0.297. The van der Waals surface area contributed by atoms with Gasteiger partial charge < -0.3 is 0 Å². The van der Waals surface area contributed by atoms with Crippen molar-refractivity contribution >= 4 is 5.78 Å². The molecule has 0 unspecified atom stereocenters. The monoisotopic (exact) mass is 218 g/mol. The van der Waals surface area contributed by atoms with E-state index in [1.54, 1.807) is 5.57 Å². The van der Waals surface area contributed by atoms with Crippen LogP contribution in [0.5, 0.6) is 0 Å². The molecule has 0 N–H and O–H groups in total. The lowest BCUT2D eigenvalue weighted by atomic mass is 9.68. The molecule has 0 radical (unpaired) electrons. The number of carbonyl (C=O) groups is 1. The predicted molar refractivity (Wildman–Crippen MR) is 65.0 cm³/mol. The second kappa shape index (κ2) is 2.80. The molecule has 0 heterocycles. The number of hydrogen-bond donors (Lipinski definition) is 0. The normalized spacial score (nSPS) is 49.1. The van der Waals surface area contributed by atoms with Crippen LogP contribution in [-0.4, -0.2) is 5.78 Å². The minimum Gasteiger partial charge on any atom is -0.299 e. The molecule has 0 aromatic rings. The van der Waals surface area contributed by atoms with Crippen molar-refractivity contribution in [1.82, 2.24) is 0 Å². The van der Waals surface area contributed by atoms with Crippen LogP contribution in [0.15, 0.2) is 11.6 Å². The predicted octanol–water partition coefficient (Wildman–Crippen LogP) is 3.59. The highest BCUT2D eigenvalue weighted by atomic mass is 16.1. The third kappa shape index (κ3) is 0.959. The van der Waals surface area contributed by atoms with Gasteiger partial charge in [-0.1, -0.05) is 32.4 Å². The van der Waals surface area contributed by atoms with Gasteiger partial charge in [0.2, 0.25) is 0 Å². The first-order valence-electron chi connectivity index (χ1n) is 6.59. The molecular weight excluding hydrogens is 196 g/mol. The van der Waals surface area contributed by atoms with Gasteiger partial charge >= 0.3 is 0 Å². The second-order valence-electron chi connectivity index (χ2n) is 6.91. The quantitative estimate of drug-likeness (QED) is 0.568. The molecule has 3 aliphatic rings. The smallest absolute Gasteiger partial charge is 0.136 e. The van der Waals surface area contributed by atoms with Crippen LogP contribution in [0.25, 0.3) is 0 Å². The number of carbonyl (C=O) groups excluding carboxylic acids is 1. The molecule has 0 aromatic carbocycles. The highest BCUT2D eigenvalue weighted by Gasteiger charge is 2.65. The lowest BCUT2D eigenvalue weighted by molar-refractivity contribution is -0.122. The summed E-state index contributed by atoms with van der Waals surface area (Å²) in [5.41, 5.74) is 2.23. The molecule has 1 spiro atoms. The van der Waals surface area contributed by atoms with Gasteiger partial charge in [0.1, 0.15) is 5.78 Å². The number of rotatable bonds is 0. The first-order valence-corrected chi connectivity index (χ1v) is 6.59. The highest BCUT2D eigenvalue weighted by molar-refractivity contribution is 5.85. The van der Waals surface area contributed by atoms with Gasteiger partial charge in [0.05, 0.1) is 0 Å². The van der Waals surface area contributed by atoms with Crippen LogP contribution >= 0.6 is 0 Å². The van der Waals surface area contributed by atoms with E-state index in [0.717, 1.165) is 18.8 Å². The van der Waals surface area contributed by atoms with Gasteiger partial charge in [0, 0.05) is 12.3 Å². The molecule has 0 aromatic heterocycles. The van der Waals surface area contributed by atoms with Gasteiger partial charge in [0.15, 0.2) is 0 Å². The Kier molecular flexibility index (Phi) is 1.85. The van der Waals surface area contributed by atoms with Crippen LogP contribution in [0.4, 0.5) is 0 Å². The maximum absolute atomic E-state index is 12.0. The van der Waals surface area contributed by atoms with Crippen LogP contribution in [0.3, 0.4) is 0 Å². The zero-order valence-corrected chi connectivity index (χ0v) is 10.8. The Balaban J connectivity index is 2.14. The summed E-state index contributed by atoms with van der Waals surface area (Å²) < 4.78 is 0. The summed E-state index contributed by atoms with van der Waals surface area (Å²) in [6.07, 6.45) is 5.67. The fourth-order valence-corrected chi connectivity index (χ4v) is 5.06. The zero-order chi connectivity index (χ0) is 11.7. The van der Waals surface area contributed by atoms with E-state index in [2.05, 4.69) is 33.8 Å². The number of allylic oxidation sites excluding steroid dienone is 2. The maximum atomic E-state index is 12.0. The zero-order valence-electron chi connectivity index (χ0n) is 10.8. The fraction of sp³-hybridized carbons (Fsp3) is 0.800. The second-order valence-corrected chi connectivity index (χ2v) is 6.91. The summed E-state index contributed by atoms with van der Waals surface area (Å²) in [6.45, 7) is 9.23. The van der Waals surface area contributed by atoms with Gasteiger partial charge in [-0.3, -0.25) is 4.79 Å².